The van der Waals surface area contributed by atoms with Gasteiger partial charge in [-0.2, -0.15) is 0 Å². The van der Waals surface area contributed by atoms with Gasteiger partial charge in [-0.1, -0.05) is 0 Å². The van der Waals surface area contributed by atoms with Crippen LogP contribution in [0.5, 0.6) is 0 Å². The molecule has 0 fully saturated rings. The molecule has 0 amide bonds. The van der Waals surface area contributed by atoms with Gasteiger partial charge in [0.25, 0.3) is 0 Å². The van der Waals surface area contributed by atoms with Crippen molar-refractivity contribution in [3.05, 3.63) is 38.7 Å². The standard InChI is InChI=1S/C11H11Br2NO2/c12-7-5-8(13)10(14-6-7)11(15)9-3-1-2-4-16-9/h3,5-6,11,15H,1-2,4H2. The minimum atomic E-state index is -0.789. The first-order valence-electron chi connectivity index (χ1n) is 5.00. The minimum absolute atomic E-state index is 0.580. The van der Waals surface area contributed by atoms with Crippen LogP contribution in [0.2, 0.25) is 0 Å². The molecule has 1 unspecified atom stereocenters. The molecule has 0 spiro atoms. The van der Waals surface area contributed by atoms with Gasteiger partial charge < -0.3 is 9.84 Å². The average molecular weight is 349 g/mol. The first-order valence-corrected chi connectivity index (χ1v) is 6.59. The van der Waals surface area contributed by atoms with E-state index in [2.05, 4.69) is 36.8 Å². The number of nitrogens with zero attached hydrogens (tertiary/aromatic N) is 1. The maximum absolute atomic E-state index is 10.1. The van der Waals surface area contributed by atoms with E-state index in [1.165, 1.54) is 0 Å². The molecular formula is C11H11Br2NO2. The number of aliphatic hydroxyl groups excluding tert-OH is 1. The fourth-order valence-corrected chi connectivity index (χ4v) is 2.73. The van der Waals surface area contributed by atoms with Crippen molar-refractivity contribution in [3.8, 4) is 0 Å². The van der Waals surface area contributed by atoms with Crippen molar-refractivity contribution in [3.63, 3.8) is 0 Å². The number of hydrogen-bond acceptors (Lipinski definition) is 3. The van der Waals surface area contributed by atoms with E-state index in [0.717, 1.165) is 21.8 Å². The number of allylic oxidation sites excluding steroid dienone is 1. The Balaban J connectivity index is 2.26. The van der Waals surface area contributed by atoms with Crippen molar-refractivity contribution >= 4 is 31.9 Å². The van der Waals surface area contributed by atoms with Gasteiger partial charge in [-0.15, -0.1) is 0 Å². The van der Waals surface area contributed by atoms with Crippen LogP contribution in [-0.2, 0) is 4.74 Å². The third-order valence-corrected chi connectivity index (χ3v) is 3.40. The number of halogens is 2. The van der Waals surface area contributed by atoms with Crippen LogP contribution in [0.1, 0.15) is 24.6 Å². The van der Waals surface area contributed by atoms with Crippen LogP contribution in [0.4, 0.5) is 0 Å². The average Bonchev–Trinajstić information content (AvgIpc) is 2.29. The molecular weight excluding hydrogens is 338 g/mol. The predicted molar refractivity (Wildman–Crippen MR) is 67.9 cm³/mol. The van der Waals surface area contributed by atoms with Crippen molar-refractivity contribution in [2.45, 2.75) is 18.9 Å². The van der Waals surface area contributed by atoms with Crippen LogP contribution in [-0.4, -0.2) is 16.7 Å². The van der Waals surface area contributed by atoms with E-state index >= 15 is 0 Å². The Hall–Kier alpha value is -0.390. The molecule has 0 saturated heterocycles. The summed E-state index contributed by atoms with van der Waals surface area (Å²) in [4.78, 5) is 4.19. The van der Waals surface area contributed by atoms with E-state index in [4.69, 9.17) is 4.74 Å². The summed E-state index contributed by atoms with van der Waals surface area (Å²) >= 11 is 6.70. The molecule has 86 valence electrons. The molecule has 1 aromatic heterocycles. The second-order valence-electron chi connectivity index (χ2n) is 3.52. The van der Waals surface area contributed by atoms with E-state index < -0.39 is 6.10 Å². The Kier molecular flexibility index (Phi) is 4.00. The molecule has 0 aliphatic carbocycles. The third-order valence-electron chi connectivity index (χ3n) is 2.33. The second kappa shape index (κ2) is 5.29. The number of rotatable bonds is 2. The summed E-state index contributed by atoms with van der Waals surface area (Å²) in [7, 11) is 0. The summed E-state index contributed by atoms with van der Waals surface area (Å²) in [5.74, 6) is 0.599. The van der Waals surface area contributed by atoms with Crippen molar-refractivity contribution in [2.24, 2.45) is 0 Å². The molecule has 0 saturated carbocycles. The highest BCUT2D eigenvalue weighted by atomic mass is 79.9. The monoisotopic (exact) mass is 347 g/mol. The Labute approximate surface area is 111 Å². The molecule has 0 aromatic carbocycles. The molecule has 16 heavy (non-hydrogen) atoms. The Morgan fingerprint density at radius 1 is 1.44 bits per heavy atom. The zero-order valence-corrected chi connectivity index (χ0v) is 11.7. The molecule has 1 aliphatic rings. The smallest absolute Gasteiger partial charge is 0.154 e. The van der Waals surface area contributed by atoms with Gasteiger partial charge in [0.15, 0.2) is 6.10 Å². The molecule has 2 rings (SSSR count). The van der Waals surface area contributed by atoms with Gasteiger partial charge in [-0.05, 0) is 56.8 Å². The highest BCUT2D eigenvalue weighted by Gasteiger charge is 2.20. The zero-order chi connectivity index (χ0) is 11.5. The molecule has 3 nitrogen and oxygen atoms in total. The van der Waals surface area contributed by atoms with Gasteiger partial charge in [0.1, 0.15) is 5.76 Å². The molecule has 1 aromatic rings. The zero-order valence-electron chi connectivity index (χ0n) is 8.49. The fourth-order valence-electron chi connectivity index (χ4n) is 1.53. The number of hydrogen-bond donors (Lipinski definition) is 1. The van der Waals surface area contributed by atoms with Gasteiger partial charge in [-0.3, -0.25) is 4.98 Å². The predicted octanol–water partition coefficient (Wildman–Crippen LogP) is 3.33. The summed E-state index contributed by atoms with van der Waals surface area (Å²) in [5.41, 5.74) is 0.580. The molecule has 0 bridgehead atoms. The maximum Gasteiger partial charge on any atom is 0.154 e. The first kappa shape index (κ1) is 12.1. The van der Waals surface area contributed by atoms with Gasteiger partial charge >= 0.3 is 0 Å². The molecule has 2 heterocycles. The number of aliphatic hydroxyl groups is 1. The van der Waals surface area contributed by atoms with Crippen LogP contribution < -0.4 is 0 Å². The van der Waals surface area contributed by atoms with E-state index in [1.54, 1.807) is 6.20 Å². The Morgan fingerprint density at radius 3 is 2.88 bits per heavy atom. The molecule has 1 atom stereocenters. The van der Waals surface area contributed by atoms with Gasteiger partial charge in [0.2, 0.25) is 0 Å². The van der Waals surface area contributed by atoms with Gasteiger partial charge in [0.05, 0.1) is 12.3 Å². The third kappa shape index (κ3) is 2.64. The van der Waals surface area contributed by atoms with Crippen LogP contribution in [0.25, 0.3) is 0 Å². The first-order chi connectivity index (χ1) is 7.68. The quantitative estimate of drug-likeness (QED) is 0.891. The summed E-state index contributed by atoms with van der Waals surface area (Å²) < 4.78 is 7.06. The van der Waals surface area contributed by atoms with E-state index in [0.29, 0.717) is 18.1 Å². The summed E-state index contributed by atoms with van der Waals surface area (Å²) in [6.07, 6.45) is 4.74. The molecule has 5 heteroatoms. The Morgan fingerprint density at radius 2 is 2.25 bits per heavy atom. The summed E-state index contributed by atoms with van der Waals surface area (Å²) in [6, 6.07) is 1.86. The lowest BCUT2D eigenvalue weighted by atomic mass is 10.1. The van der Waals surface area contributed by atoms with Crippen molar-refractivity contribution in [1.82, 2.24) is 4.98 Å². The van der Waals surface area contributed by atoms with E-state index in [-0.39, 0.29) is 0 Å². The lowest BCUT2D eigenvalue weighted by molar-refractivity contribution is 0.0890. The topological polar surface area (TPSA) is 42.4 Å². The highest BCUT2D eigenvalue weighted by molar-refractivity contribution is 9.11. The molecule has 0 radical (unpaired) electrons. The SMILES string of the molecule is OC(C1=CCCCO1)c1ncc(Br)cc1Br. The van der Waals surface area contributed by atoms with Crippen molar-refractivity contribution in [2.75, 3.05) is 6.61 Å². The molecule has 1 N–H and O–H groups in total. The number of ether oxygens (including phenoxy) is 1. The second-order valence-corrected chi connectivity index (χ2v) is 5.29. The minimum Gasteiger partial charge on any atom is -0.495 e. The van der Waals surface area contributed by atoms with Crippen LogP contribution in [0.3, 0.4) is 0 Å². The van der Waals surface area contributed by atoms with Crippen LogP contribution >= 0.6 is 31.9 Å². The summed E-state index contributed by atoms with van der Waals surface area (Å²) in [6.45, 7) is 0.664. The van der Waals surface area contributed by atoms with Gasteiger partial charge in [0, 0.05) is 15.1 Å². The lowest BCUT2D eigenvalue weighted by Gasteiger charge is -2.20. The van der Waals surface area contributed by atoms with Gasteiger partial charge in [-0.25, -0.2) is 0 Å². The van der Waals surface area contributed by atoms with Crippen molar-refractivity contribution in [1.29, 1.82) is 0 Å². The number of pyridine rings is 1. The normalized spacial score (nSPS) is 17.6. The Bertz CT molecular complexity index is 420. The van der Waals surface area contributed by atoms with E-state index in [1.807, 2.05) is 12.1 Å². The summed E-state index contributed by atoms with van der Waals surface area (Å²) in [5, 5.41) is 10.1. The molecule has 1 aliphatic heterocycles. The van der Waals surface area contributed by atoms with Crippen molar-refractivity contribution < 1.29 is 9.84 Å². The largest absolute Gasteiger partial charge is 0.495 e. The van der Waals surface area contributed by atoms with E-state index in [9.17, 15) is 5.11 Å². The van der Waals surface area contributed by atoms with Crippen LogP contribution in [0.15, 0.2) is 33.0 Å². The highest BCUT2D eigenvalue weighted by Crippen LogP contribution is 2.30. The fraction of sp³-hybridized carbons (Fsp3) is 0.364. The maximum atomic E-state index is 10.1. The lowest BCUT2D eigenvalue weighted by Crippen LogP contribution is -2.11. The van der Waals surface area contributed by atoms with Crippen LogP contribution in [0, 0.1) is 0 Å². The number of aromatic nitrogens is 1.